The zero-order chi connectivity index (χ0) is 21.2. The Kier molecular flexibility index (Phi) is 5.18. The van der Waals surface area contributed by atoms with Crippen molar-refractivity contribution >= 4 is 22.3 Å². The summed E-state index contributed by atoms with van der Waals surface area (Å²) in [7, 11) is 2.18. The standard InChI is InChI=1S/C24H24N6O/c1-30-12-7-17(8-13-30)16-2-4-19(5-3-16)28-23-22-18(6-9-27-24(22)31)14-20(29-23)21-15-25-10-11-26-21/h2-6,9-11,14-15,17H,7-8,12-13H2,1H3,(H,27,31)(H,28,29). The molecule has 3 aromatic heterocycles. The first-order valence-corrected chi connectivity index (χ1v) is 10.5. The van der Waals surface area contributed by atoms with E-state index >= 15 is 0 Å². The molecule has 1 saturated heterocycles. The Morgan fingerprint density at radius 3 is 2.61 bits per heavy atom. The van der Waals surface area contributed by atoms with Crippen molar-refractivity contribution in [2.45, 2.75) is 18.8 Å². The molecule has 0 atom stereocenters. The van der Waals surface area contributed by atoms with Gasteiger partial charge in [0.25, 0.3) is 5.56 Å². The summed E-state index contributed by atoms with van der Waals surface area (Å²) in [4.78, 5) is 30.9. The Bertz CT molecular complexity index is 1240. The molecule has 0 unspecified atom stereocenters. The molecule has 0 aliphatic carbocycles. The fourth-order valence-corrected chi connectivity index (χ4v) is 4.18. The van der Waals surface area contributed by atoms with Crippen molar-refractivity contribution in [1.82, 2.24) is 24.8 Å². The lowest BCUT2D eigenvalue weighted by Gasteiger charge is -2.29. The van der Waals surface area contributed by atoms with E-state index in [1.165, 1.54) is 18.4 Å². The molecular formula is C24H24N6O. The molecule has 0 spiro atoms. The van der Waals surface area contributed by atoms with E-state index in [-0.39, 0.29) is 5.56 Å². The second-order valence-electron chi connectivity index (χ2n) is 8.04. The SMILES string of the molecule is CN1CCC(c2ccc(Nc3nc(-c4cnccn4)cc4cc[nH]c(=O)c34)cc2)CC1. The first-order chi connectivity index (χ1) is 15.2. The number of fused-ring (bicyclic) bond motifs is 1. The van der Waals surface area contributed by atoms with E-state index in [1.54, 1.807) is 24.8 Å². The van der Waals surface area contributed by atoms with E-state index in [1.807, 2.05) is 12.1 Å². The van der Waals surface area contributed by atoms with Gasteiger partial charge in [-0.2, -0.15) is 0 Å². The van der Waals surface area contributed by atoms with Crippen LogP contribution in [0.1, 0.15) is 24.3 Å². The van der Waals surface area contributed by atoms with Crippen LogP contribution in [0.3, 0.4) is 0 Å². The summed E-state index contributed by atoms with van der Waals surface area (Å²) in [6, 6.07) is 12.2. The minimum absolute atomic E-state index is 0.179. The highest BCUT2D eigenvalue weighted by Crippen LogP contribution is 2.30. The molecule has 4 aromatic rings. The molecule has 1 aliphatic rings. The molecule has 1 aliphatic heterocycles. The van der Waals surface area contributed by atoms with Gasteiger partial charge in [0.1, 0.15) is 11.5 Å². The predicted molar refractivity (Wildman–Crippen MR) is 123 cm³/mol. The smallest absolute Gasteiger partial charge is 0.259 e. The van der Waals surface area contributed by atoms with Crippen LogP contribution >= 0.6 is 0 Å². The first kappa shape index (κ1) is 19.4. The third-order valence-corrected chi connectivity index (χ3v) is 5.94. The highest BCUT2D eigenvalue weighted by Gasteiger charge is 2.18. The minimum Gasteiger partial charge on any atom is -0.340 e. The lowest BCUT2D eigenvalue weighted by Crippen LogP contribution is -2.29. The Balaban J connectivity index is 1.49. The van der Waals surface area contributed by atoms with Gasteiger partial charge in [-0.1, -0.05) is 12.1 Å². The van der Waals surface area contributed by atoms with Crippen LogP contribution in [-0.2, 0) is 0 Å². The summed E-state index contributed by atoms with van der Waals surface area (Å²) in [5.41, 5.74) is 3.40. The molecular weight excluding hydrogens is 388 g/mol. The van der Waals surface area contributed by atoms with E-state index in [0.717, 1.165) is 24.2 Å². The van der Waals surface area contributed by atoms with Gasteiger partial charge in [-0.3, -0.25) is 14.8 Å². The summed E-state index contributed by atoms with van der Waals surface area (Å²) in [5.74, 6) is 1.11. The van der Waals surface area contributed by atoms with Gasteiger partial charge in [0, 0.05) is 24.3 Å². The molecule has 0 saturated carbocycles. The highest BCUT2D eigenvalue weighted by atomic mass is 16.1. The van der Waals surface area contributed by atoms with E-state index in [0.29, 0.717) is 28.5 Å². The summed E-state index contributed by atoms with van der Waals surface area (Å²) in [6.45, 7) is 2.27. The Labute approximate surface area is 180 Å². The van der Waals surface area contributed by atoms with Crippen LogP contribution < -0.4 is 10.9 Å². The quantitative estimate of drug-likeness (QED) is 0.528. The minimum atomic E-state index is -0.179. The third-order valence-electron chi connectivity index (χ3n) is 5.94. The molecule has 1 aromatic carbocycles. The number of H-pyrrole nitrogens is 1. The average Bonchev–Trinajstić information content (AvgIpc) is 2.81. The number of benzene rings is 1. The van der Waals surface area contributed by atoms with Gasteiger partial charge in [0.2, 0.25) is 0 Å². The van der Waals surface area contributed by atoms with Crippen LogP contribution in [0.15, 0.2) is 66.0 Å². The van der Waals surface area contributed by atoms with Gasteiger partial charge in [-0.05, 0) is 74.1 Å². The fraction of sp³-hybridized carbons (Fsp3) is 0.250. The average molecular weight is 412 g/mol. The van der Waals surface area contributed by atoms with E-state index in [9.17, 15) is 4.79 Å². The normalized spacial score (nSPS) is 15.3. The molecule has 5 rings (SSSR count). The van der Waals surface area contributed by atoms with Gasteiger partial charge in [0.15, 0.2) is 0 Å². The Hall–Kier alpha value is -3.58. The number of rotatable bonds is 4. The van der Waals surface area contributed by atoms with Crippen LogP contribution in [0.2, 0.25) is 0 Å². The number of aromatic nitrogens is 4. The van der Waals surface area contributed by atoms with Crippen molar-refractivity contribution in [3.05, 3.63) is 77.1 Å². The van der Waals surface area contributed by atoms with Crippen molar-refractivity contribution in [2.24, 2.45) is 0 Å². The molecule has 7 heteroatoms. The van der Waals surface area contributed by atoms with Crippen molar-refractivity contribution in [1.29, 1.82) is 0 Å². The third kappa shape index (κ3) is 4.04. The summed E-state index contributed by atoms with van der Waals surface area (Å²) in [6.07, 6.45) is 8.94. The number of nitrogens with zero attached hydrogens (tertiary/aromatic N) is 4. The fourth-order valence-electron chi connectivity index (χ4n) is 4.18. The molecule has 1 fully saturated rings. The molecule has 0 bridgehead atoms. The number of likely N-dealkylation sites (tertiary alicyclic amines) is 1. The summed E-state index contributed by atoms with van der Waals surface area (Å²) < 4.78 is 0. The van der Waals surface area contributed by atoms with Gasteiger partial charge >= 0.3 is 0 Å². The second-order valence-corrected chi connectivity index (χ2v) is 8.04. The van der Waals surface area contributed by atoms with Crippen LogP contribution in [0.25, 0.3) is 22.2 Å². The van der Waals surface area contributed by atoms with Crippen molar-refractivity contribution in [3.8, 4) is 11.4 Å². The zero-order valence-electron chi connectivity index (χ0n) is 17.4. The van der Waals surface area contributed by atoms with Gasteiger partial charge < -0.3 is 15.2 Å². The van der Waals surface area contributed by atoms with E-state index < -0.39 is 0 Å². The van der Waals surface area contributed by atoms with Crippen LogP contribution in [0, 0.1) is 0 Å². The van der Waals surface area contributed by atoms with Crippen LogP contribution in [0.5, 0.6) is 0 Å². The molecule has 31 heavy (non-hydrogen) atoms. The maximum atomic E-state index is 12.6. The lowest BCUT2D eigenvalue weighted by atomic mass is 9.89. The monoisotopic (exact) mass is 412 g/mol. The van der Waals surface area contributed by atoms with Crippen molar-refractivity contribution in [3.63, 3.8) is 0 Å². The first-order valence-electron chi connectivity index (χ1n) is 10.5. The predicted octanol–water partition coefficient (Wildman–Crippen LogP) is 3.93. The van der Waals surface area contributed by atoms with Crippen LogP contribution in [0.4, 0.5) is 11.5 Å². The van der Waals surface area contributed by atoms with Crippen molar-refractivity contribution < 1.29 is 0 Å². The number of piperidine rings is 1. The van der Waals surface area contributed by atoms with E-state index in [4.69, 9.17) is 4.98 Å². The molecule has 7 nitrogen and oxygen atoms in total. The Morgan fingerprint density at radius 1 is 1.06 bits per heavy atom. The number of hydrogen-bond donors (Lipinski definition) is 2. The topological polar surface area (TPSA) is 86.8 Å². The molecule has 0 radical (unpaired) electrons. The molecule has 0 amide bonds. The van der Waals surface area contributed by atoms with E-state index in [2.05, 4.69) is 56.5 Å². The summed E-state index contributed by atoms with van der Waals surface area (Å²) >= 11 is 0. The highest BCUT2D eigenvalue weighted by molar-refractivity contribution is 5.94. The molecule has 4 heterocycles. The molecule has 156 valence electrons. The number of pyridine rings is 2. The lowest BCUT2D eigenvalue weighted by molar-refractivity contribution is 0.255. The maximum Gasteiger partial charge on any atom is 0.259 e. The molecule has 2 N–H and O–H groups in total. The second kappa shape index (κ2) is 8.28. The number of nitrogens with one attached hydrogen (secondary N) is 2. The van der Waals surface area contributed by atoms with Gasteiger partial charge in [-0.15, -0.1) is 0 Å². The van der Waals surface area contributed by atoms with Crippen LogP contribution in [-0.4, -0.2) is 45.0 Å². The number of anilines is 2. The van der Waals surface area contributed by atoms with Crippen molar-refractivity contribution in [2.75, 3.05) is 25.5 Å². The largest absolute Gasteiger partial charge is 0.340 e. The number of aromatic amines is 1. The van der Waals surface area contributed by atoms with Gasteiger partial charge in [0.05, 0.1) is 17.3 Å². The zero-order valence-corrected chi connectivity index (χ0v) is 17.4. The Morgan fingerprint density at radius 2 is 1.87 bits per heavy atom. The maximum absolute atomic E-state index is 12.6. The summed E-state index contributed by atoms with van der Waals surface area (Å²) in [5, 5.41) is 4.67. The van der Waals surface area contributed by atoms with Gasteiger partial charge in [-0.25, -0.2) is 4.98 Å². The number of hydrogen-bond acceptors (Lipinski definition) is 6.